The molecule has 2 bridgehead atoms. The topological polar surface area (TPSA) is 96.4 Å². The molecule has 0 aromatic heterocycles. The first-order chi connectivity index (χ1) is 14.7. The van der Waals surface area contributed by atoms with Crippen LogP contribution in [0.1, 0.15) is 53.4 Å². The molecular formula is C23H36N2O6. The first kappa shape index (κ1) is 23.7. The van der Waals surface area contributed by atoms with Crippen LogP contribution in [0.25, 0.3) is 0 Å². The van der Waals surface area contributed by atoms with Gasteiger partial charge >= 0.3 is 5.97 Å². The SMILES string of the molecule is C=CCN(C(=O)C1N(CCCO)C(=O)[C@@H]2[C@@H](C(=O)OCC)[C@@]3(CC)CCC12O3)C(C)C. The molecule has 2 unspecified atom stereocenters. The Morgan fingerprint density at radius 1 is 1.39 bits per heavy atom. The number of carbonyl (C=O) groups excluding carboxylic acids is 3. The number of esters is 1. The quantitative estimate of drug-likeness (QED) is 0.412. The van der Waals surface area contributed by atoms with E-state index in [0.717, 1.165) is 0 Å². The summed E-state index contributed by atoms with van der Waals surface area (Å²) in [6.07, 6.45) is 3.74. The zero-order chi connectivity index (χ0) is 23.0. The van der Waals surface area contributed by atoms with Crippen molar-refractivity contribution in [2.75, 3.05) is 26.3 Å². The average Bonchev–Trinajstić information content (AvgIpc) is 3.33. The highest BCUT2D eigenvalue weighted by Crippen LogP contribution is 2.64. The fourth-order valence-electron chi connectivity index (χ4n) is 5.92. The van der Waals surface area contributed by atoms with Crippen molar-refractivity contribution < 1.29 is 29.0 Å². The predicted octanol–water partition coefficient (Wildman–Crippen LogP) is 1.51. The molecule has 1 spiro atoms. The maximum absolute atomic E-state index is 13.8. The molecule has 1 N–H and O–H groups in total. The number of rotatable bonds is 10. The van der Waals surface area contributed by atoms with E-state index in [1.807, 2.05) is 20.8 Å². The molecule has 3 fully saturated rings. The van der Waals surface area contributed by atoms with Gasteiger partial charge in [-0.15, -0.1) is 6.58 Å². The summed E-state index contributed by atoms with van der Waals surface area (Å²) in [6.45, 7) is 12.0. The summed E-state index contributed by atoms with van der Waals surface area (Å²) in [5.41, 5.74) is -1.83. The molecule has 5 atom stereocenters. The summed E-state index contributed by atoms with van der Waals surface area (Å²) in [7, 11) is 0. The van der Waals surface area contributed by atoms with E-state index < -0.39 is 35.0 Å². The number of nitrogens with zero attached hydrogens (tertiary/aromatic N) is 2. The lowest BCUT2D eigenvalue weighted by molar-refractivity contribution is -0.161. The van der Waals surface area contributed by atoms with Gasteiger partial charge in [-0.1, -0.05) is 13.0 Å². The van der Waals surface area contributed by atoms with Gasteiger partial charge < -0.3 is 24.4 Å². The molecule has 31 heavy (non-hydrogen) atoms. The van der Waals surface area contributed by atoms with Crippen molar-refractivity contribution >= 4 is 17.8 Å². The van der Waals surface area contributed by atoms with Gasteiger partial charge in [0.2, 0.25) is 11.8 Å². The van der Waals surface area contributed by atoms with Crippen LogP contribution in [-0.4, -0.2) is 82.3 Å². The maximum atomic E-state index is 13.8. The fourth-order valence-corrected chi connectivity index (χ4v) is 5.92. The fraction of sp³-hybridized carbons (Fsp3) is 0.783. The van der Waals surface area contributed by atoms with Gasteiger partial charge in [-0.3, -0.25) is 14.4 Å². The Bertz CT molecular complexity index is 740. The summed E-state index contributed by atoms with van der Waals surface area (Å²) in [5, 5.41) is 9.39. The second-order valence-electron chi connectivity index (χ2n) is 9.07. The van der Waals surface area contributed by atoms with Crippen molar-refractivity contribution in [3.63, 3.8) is 0 Å². The zero-order valence-electron chi connectivity index (χ0n) is 19.1. The first-order valence-electron chi connectivity index (χ1n) is 11.4. The van der Waals surface area contributed by atoms with Crippen molar-refractivity contribution in [1.82, 2.24) is 9.80 Å². The molecule has 8 heteroatoms. The third-order valence-corrected chi connectivity index (χ3v) is 7.24. The van der Waals surface area contributed by atoms with Crippen molar-refractivity contribution in [2.45, 2.75) is 76.7 Å². The minimum Gasteiger partial charge on any atom is -0.466 e. The Balaban J connectivity index is 2.09. The van der Waals surface area contributed by atoms with Gasteiger partial charge in [0.1, 0.15) is 17.6 Å². The van der Waals surface area contributed by atoms with Gasteiger partial charge in [0.05, 0.1) is 18.1 Å². The number of fused-ring (bicyclic) bond motifs is 1. The van der Waals surface area contributed by atoms with Crippen molar-refractivity contribution in [2.24, 2.45) is 11.8 Å². The van der Waals surface area contributed by atoms with E-state index in [1.54, 1.807) is 22.8 Å². The van der Waals surface area contributed by atoms with Gasteiger partial charge in [0.15, 0.2) is 0 Å². The van der Waals surface area contributed by atoms with Gasteiger partial charge in [-0.25, -0.2) is 0 Å². The number of hydrogen-bond acceptors (Lipinski definition) is 6. The molecule has 3 heterocycles. The van der Waals surface area contributed by atoms with Crippen LogP contribution in [0.2, 0.25) is 0 Å². The normalized spacial score (nSPS) is 33.7. The summed E-state index contributed by atoms with van der Waals surface area (Å²) >= 11 is 0. The third-order valence-electron chi connectivity index (χ3n) is 7.24. The molecule has 174 valence electrons. The van der Waals surface area contributed by atoms with E-state index >= 15 is 0 Å². The van der Waals surface area contributed by atoms with Crippen LogP contribution >= 0.6 is 0 Å². The van der Waals surface area contributed by atoms with Crippen LogP contribution in [0.5, 0.6) is 0 Å². The second-order valence-corrected chi connectivity index (χ2v) is 9.07. The molecule has 0 aliphatic carbocycles. The van der Waals surface area contributed by atoms with Gasteiger partial charge in [0, 0.05) is 25.7 Å². The lowest BCUT2D eigenvalue weighted by Gasteiger charge is -2.38. The molecule has 3 aliphatic rings. The van der Waals surface area contributed by atoms with E-state index in [9.17, 15) is 19.5 Å². The van der Waals surface area contributed by atoms with Crippen molar-refractivity contribution in [1.29, 1.82) is 0 Å². The van der Waals surface area contributed by atoms with Crippen LogP contribution in [0.15, 0.2) is 12.7 Å². The Labute approximate surface area is 184 Å². The zero-order valence-corrected chi connectivity index (χ0v) is 19.1. The molecule has 0 radical (unpaired) electrons. The minimum atomic E-state index is -1.05. The second kappa shape index (κ2) is 8.90. The van der Waals surface area contributed by atoms with Crippen molar-refractivity contribution in [3.8, 4) is 0 Å². The van der Waals surface area contributed by atoms with E-state index in [2.05, 4.69) is 6.58 Å². The minimum absolute atomic E-state index is 0.0877. The maximum Gasteiger partial charge on any atom is 0.312 e. The van der Waals surface area contributed by atoms with Crippen LogP contribution in [0, 0.1) is 11.8 Å². The van der Waals surface area contributed by atoms with Gasteiger partial charge in [0.25, 0.3) is 0 Å². The third kappa shape index (κ3) is 3.48. The predicted molar refractivity (Wildman–Crippen MR) is 114 cm³/mol. The highest BCUT2D eigenvalue weighted by atomic mass is 16.6. The molecule has 3 rings (SSSR count). The van der Waals surface area contributed by atoms with E-state index in [-0.39, 0.29) is 37.6 Å². The highest BCUT2D eigenvalue weighted by molar-refractivity contribution is 5.98. The van der Waals surface area contributed by atoms with Gasteiger partial charge in [-0.2, -0.15) is 0 Å². The van der Waals surface area contributed by atoms with Crippen molar-refractivity contribution in [3.05, 3.63) is 12.7 Å². The number of likely N-dealkylation sites (tertiary alicyclic amines) is 1. The van der Waals surface area contributed by atoms with Gasteiger partial charge in [-0.05, 0) is 46.5 Å². The van der Waals surface area contributed by atoms with Crippen LogP contribution in [-0.2, 0) is 23.9 Å². The number of ether oxygens (including phenoxy) is 2. The summed E-state index contributed by atoms with van der Waals surface area (Å²) in [6, 6.07) is -0.915. The molecule has 3 saturated heterocycles. The first-order valence-corrected chi connectivity index (χ1v) is 11.4. The smallest absolute Gasteiger partial charge is 0.312 e. The molecule has 0 saturated carbocycles. The highest BCUT2D eigenvalue weighted by Gasteiger charge is 2.79. The number of hydrogen-bond donors (Lipinski definition) is 1. The number of aliphatic hydroxyl groups is 1. The molecule has 0 aromatic rings. The van der Waals surface area contributed by atoms with Crippen LogP contribution in [0.3, 0.4) is 0 Å². The lowest BCUT2D eigenvalue weighted by atomic mass is 9.65. The van der Waals surface area contributed by atoms with E-state index in [1.165, 1.54) is 0 Å². The largest absolute Gasteiger partial charge is 0.466 e. The van der Waals surface area contributed by atoms with Crippen LogP contribution < -0.4 is 0 Å². The molecular weight excluding hydrogens is 400 g/mol. The average molecular weight is 437 g/mol. The Kier molecular flexibility index (Phi) is 6.81. The summed E-state index contributed by atoms with van der Waals surface area (Å²) < 4.78 is 12.0. The number of amides is 2. The summed E-state index contributed by atoms with van der Waals surface area (Å²) in [5.74, 6) is -2.33. The monoisotopic (exact) mass is 436 g/mol. The molecule has 8 nitrogen and oxygen atoms in total. The molecule has 2 amide bonds. The standard InChI is InChI=1S/C23H36N2O6/c1-6-12-24(15(4)5)20(28)18-23-11-10-22(7-2,31-23)17(21(29)30-8-3)16(23)19(27)25(18)13-9-14-26/h6,15-18,26H,1,7-14H2,2-5H3/t16-,17-,18?,22+,23?/m0/s1. The van der Waals surface area contributed by atoms with Crippen LogP contribution in [0.4, 0.5) is 0 Å². The number of carbonyl (C=O) groups is 3. The Hall–Kier alpha value is -1.93. The lowest BCUT2D eigenvalue weighted by Crippen LogP contribution is -2.57. The molecule has 3 aliphatic heterocycles. The Morgan fingerprint density at radius 3 is 2.65 bits per heavy atom. The van der Waals surface area contributed by atoms with E-state index in [0.29, 0.717) is 32.2 Å². The molecule has 0 aromatic carbocycles. The summed E-state index contributed by atoms with van der Waals surface area (Å²) in [4.78, 5) is 43.8. The Morgan fingerprint density at radius 2 is 2.10 bits per heavy atom. The number of aliphatic hydroxyl groups excluding tert-OH is 1. The van der Waals surface area contributed by atoms with E-state index in [4.69, 9.17) is 9.47 Å².